The van der Waals surface area contributed by atoms with E-state index in [0.717, 1.165) is 0 Å². The second-order valence-electron chi connectivity index (χ2n) is 3.13. The van der Waals surface area contributed by atoms with Gasteiger partial charge < -0.3 is 30.7 Å². The Morgan fingerprint density at radius 3 is 1.80 bits per heavy atom. The van der Waals surface area contributed by atoms with Crippen molar-refractivity contribution in [3.8, 4) is 0 Å². The highest BCUT2D eigenvalue weighted by Gasteiger charge is 2.31. The molecule has 0 heterocycles. The van der Waals surface area contributed by atoms with Gasteiger partial charge in [-0.1, -0.05) is 0 Å². The lowest BCUT2D eigenvalue weighted by Crippen LogP contribution is -2.61. The average Bonchev–Trinajstić information content (AvgIpc) is 2.11. The smallest absolute Gasteiger partial charge is 0.131 e. The van der Waals surface area contributed by atoms with Crippen LogP contribution in [0.3, 0.4) is 0 Å². The second-order valence-corrected chi connectivity index (χ2v) is 4.58. The van der Waals surface area contributed by atoms with Crippen molar-refractivity contribution in [3.05, 3.63) is 0 Å². The van der Waals surface area contributed by atoms with Gasteiger partial charge in [-0.2, -0.15) is 0 Å². The summed E-state index contributed by atoms with van der Waals surface area (Å²) >= 11 is 0. The van der Waals surface area contributed by atoms with Crippen LogP contribution in [0.4, 0.5) is 0 Å². The molecule has 0 radical (unpaired) electrons. The molecule has 0 rings (SSSR count). The molecule has 0 spiro atoms. The molecule has 0 aromatic carbocycles. The first-order valence-electron chi connectivity index (χ1n) is 4.14. The molecule has 0 aliphatic carbocycles. The molecule has 0 bridgehead atoms. The molecule has 0 aliphatic rings. The molecule has 4 atom stereocenters. The highest BCUT2D eigenvalue weighted by atomic mass is 32.2. The van der Waals surface area contributed by atoms with E-state index in [2.05, 4.69) is 5.73 Å². The molecular weight excluding hydrogens is 230 g/mol. The highest BCUT2D eigenvalue weighted by Crippen LogP contribution is 2.06. The van der Waals surface area contributed by atoms with Crippen molar-refractivity contribution >= 4 is 10.1 Å². The molecule has 7 N–H and O–H groups in total. The van der Waals surface area contributed by atoms with E-state index in [4.69, 9.17) is 20.4 Å². The maximum atomic E-state index is 10.2. The first-order valence-corrected chi connectivity index (χ1v) is 5.72. The molecule has 92 valence electrons. The van der Waals surface area contributed by atoms with E-state index >= 15 is 0 Å². The van der Waals surface area contributed by atoms with Gasteiger partial charge in [0.05, 0.1) is 22.0 Å². The van der Waals surface area contributed by atoms with E-state index < -0.39 is 40.3 Å². The van der Waals surface area contributed by atoms with Crippen molar-refractivity contribution in [2.75, 3.05) is 12.3 Å². The van der Waals surface area contributed by atoms with Crippen LogP contribution < -0.4 is 5.73 Å². The summed E-state index contributed by atoms with van der Waals surface area (Å²) < 4.78 is 30.7. The van der Waals surface area contributed by atoms with Crippen molar-refractivity contribution in [1.29, 1.82) is 0 Å². The predicted molar refractivity (Wildman–Crippen MR) is 46.3 cm³/mol. The van der Waals surface area contributed by atoms with Crippen LogP contribution in [0.1, 0.15) is 0 Å². The SMILES string of the molecule is [NH3+]C[C@@H](O)[C@@H](O)[C@H](O)[C@@H](O)CS(=O)(=O)[O-]. The first-order chi connectivity index (χ1) is 6.69. The molecule has 0 amide bonds. The van der Waals surface area contributed by atoms with Crippen molar-refractivity contribution in [2.45, 2.75) is 24.4 Å². The maximum absolute atomic E-state index is 10.2. The molecular formula is C6H15NO7S. The number of quaternary nitrogens is 1. The summed E-state index contributed by atoms with van der Waals surface area (Å²) in [5, 5.41) is 36.4. The van der Waals surface area contributed by atoms with Gasteiger partial charge in [-0.3, -0.25) is 0 Å². The highest BCUT2D eigenvalue weighted by molar-refractivity contribution is 7.85. The summed E-state index contributed by atoms with van der Waals surface area (Å²) in [6, 6.07) is 0. The fourth-order valence-electron chi connectivity index (χ4n) is 0.934. The molecule has 0 saturated heterocycles. The normalized spacial score (nSPS) is 20.7. The van der Waals surface area contributed by atoms with Gasteiger partial charge in [-0.05, 0) is 0 Å². The van der Waals surface area contributed by atoms with Crippen LogP contribution in [-0.4, -0.2) is 70.1 Å². The summed E-state index contributed by atoms with van der Waals surface area (Å²) in [5.74, 6) is -1.23. The lowest BCUT2D eigenvalue weighted by molar-refractivity contribution is -0.390. The molecule has 0 saturated carbocycles. The van der Waals surface area contributed by atoms with Gasteiger partial charge in [0, 0.05) is 0 Å². The van der Waals surface area contributed by atoms with Crippen LogP contribution in [0.15, 0.2) is 0 Å². The first kappa shape index (κ1) is 14.7. The van der Waals surface area contributed by atoms with Crippen LogP contribution in [0, 0.1) is 0 Å². The van der Waals surface area contributed by atoms with Gasteiger partial charge >= 0.3 is 0 Å². The minimum Gasteiger partial charge on any atom is -0.748 e. The van der Waals surface area contributed by atoms with Gasteiger partial charge in [-0.25, -0.2) is 8.42 Å². The van der Waals surface area contributed by atoms with Crippen LogP contribution in [0.5, 0.6) is 0 Å². The zero-order valence-electron chi connectivity index (χ0n) is 7.85. The molecule has 8 nitrogen and oxygen atoms in total. The lowest BCUT2D eigenvalue weighted by Gasteiger charge is -2.25. The molecule has 15 heavy (non-hydrogen) atoms. The quantitative estimate of drug-likeness (QED) is 0.293. The van der Waals surface area contributed by atoms with E-state index in [0.29, 0.717) is 0 Å². The van der Waals surface area contributed by atoms with E-state index in [9.17, 15) is 13.0 Å². The largest absolute Gasteiger partial charge is 0.748 e. The third-order valence-electron chi connectivity index (χ3n) is 1.81. The van der Waals surface area contributed by atoms with Crippen LogP contribution in [0.25, 0.3) is 0 Å². The van der Waals surface area contributed by atoms with Crippen molar-refractivity contribution in [3.63, 3.8) is 0 Å². The fourth-order valence-corrected chi connectivity index (χ4v) is 1.55. The van der Waals surface area contributed by atoms with Crippen LogP contribution in [-0.2, 0) is 10.1 Å². The minimum atomic E-state index is -4.70. The van der Waals surface area contributed by atoms with E-state index in [-0.39, 0.29) is 6.54 Å². The summed E-state index contributed by atoms with van der Waals surface area (Å²) in [4.78, 5) is 0. The summed E-state index contributed by atoms with van der Waals surface area (Å²) in [6.45, 7) is -0.130. The number of hydrogen-bond donors (Lipinski definition) is 5. The minimum absolute atomic E-state index is 0.130. The maximum Gasteiger partial charge on any atom is 0.131 e. The molecule has 9 heteroatoms. The molecule has 0 aromatic heterocycles. The van der Waals surface area contributed by atoms with Gasteiger partial charge in [-0.15, -0.1) is 0 Å². The lowest BCUT2D eigenvalue weighted by atomic mass is 10.0. The summed E-state index contributed by atoms with van der Waals surface area (Å²) in [6.07, 6.45) is -7.00. The summed E-state index contributed by atoms with van der Waals surface area (Å²) in [5.41, 5.74) is 3.24. The number of aliphatic hydroxyl groups excluding tert-OH is 4. The van der Waals surface area contributed by atoms with Gasteiger partial charge in [0.25, 0.3) is 0 Å². The average molecular weight is 245 g/mol. The molecule has 0 fully saturated rings. The molecule has 0 aromatic rings. The summed E-state index contributed by atoms with van der Waals surface area (Å²) in [7, 11) is -4.70. The number of aliphatic hydroxyl groups is 4. The van der Waals surface area contributed by atoms with Gasteiger partial charge in [0.2, 0.25) is 0 Å². The Hall–Kier alpha value is -0.290. The third kappa shape index (κ3) is 5.37. The Morgan fingerprint density at radius 2 is 1.47 bits per heavy atom. The zero-order chi connectivity index (χ0) is 12.2. The van der Waals surface area contributed by atoms with Crippen molar-refractivity contribution in [1.82, 2.24) is 0 Å². The Labute approximate surface area is 86.7 Å². The van der Waals surface area contributed by atoms with E-state index in [1.54, 1.807) is 0 Å². The topological polar surface area (TPSA) is 166 Å². The standard InChI is InChI=1S/C6H15NO7S/c7-1-3(8)5(10)6(11)4(9)2-15(12,13)14/h3-6,8-11H,1-2,7H2,(H,12,13,14)/t3-,4+,5-,6-/m1/s1. The van der Waals surface area contributed by atoms with Gasteiger partial charge in [0.15, 0.2) is 0 Å². The Kier molecular flexibility index (Phi) is 5.59. The monoisotopic (exact) mass is 245 g/mol. The molecule has 0 unspecified atom stereocenters. The fraction of sp³-hybridized carbons (Fsp3) is 1.00. The second kappa shape index (κ2) is 5.70. The zero-order valence-corrected chi connectivity index (χ0v) is 8.67. The predicted octanol–water partition coefficient (Wildman–Crippen LogP) is -4.78. The van der Waals surface area contributed by atoms with E-state index in [1.807, 2.05) is 0 Å². The van der Waals surface area contributed by atoms with Crippen molar-refractivity contribution < 1.29 is 39.1 Å². The van der Waals surface area contributed by atoms with Crippen LogP contribution >= 0.6 is 0 Å². The molecule has 0 aliphatic heterocycles. The Morgan fingerprint density at radius 1 is 1.07 bits per heavy atom. The number of rotatable bonds is 6. The Balaban J connectivity index is 4.37. The van der Waals surface area contributed by atoms with Gasteiger partial charge in [0.1, 0.15) is 24.9 Å². The van der Waals surface area contributed by atoms with Crippen molar-refractivity contribution in [2.24, 2.45) is 0 Å². The van der Waals surface area contributed by atoms with Crippen LogP contribution in [0.2, 0.25) is 0 Å². The third-order valence-corrected chi connectivity index (χ3v) is 2.56. The number of hydrogen-bond acceptors (Lipinski definition) is 7. The van der Waals surface area contributed by atoms with E-state index in [1.165, 1.54) is 0 Å². The Bertz CT molecular complexity index is 279.